The summed E-state index contributed by atoms with van der Waals surface area (Å²) in [6, 6.07) is 13.0. The zero-order valence-corrected chi connectivity index (χ0v) is 14.6. The fourth-order valence-corrected chi connectivity index (χ4v) is 2.82. The third kappa shape index (κ3) is 3.88. The van der Waals surface area contributed by atoms with E-state index in [9.17, 15) is 14.9 Å². The predicted octanol–water partition coefficient (Wildman–Crippen LogP) is 3.99. The first kappa shape index (κ1) is 17.6. The van der Waals surface area contributed by atoms with Crippen LogP contribution in [-0.4, -0.2) is 20.8 Å². The molecule has 0 aliphatic heterocycles. The lowest BCUT2D eigenvalue weighted by Gasteiger charge is -2.18. The maximum Gasteiger partial charge on any atom is 0.269 e. The summed E-state index contributed by atoms with van der Waals surface area (Å²) in [6.07, 6.45) is 0.721. The molecule has 1 amide bonds. The van der Waals surface area contributed by atoms with Gasteiger partial charge in [0.15, 0.2) is 0 Å². The Morgan fingerprint density at radius 2 is 1.88 bits per heavy atom. The highest BCUT2D eigenvalue weighted by Crippen LogP contribution is 2.22. The van der Waals surface area contributed by atoms with Gasteiger partial charge in [0, 0.05) is 17.7 Å². The van der Waals surface area contributed by atoms with E-state index in [1.54, 1.807) is 0 Å². The van der Waals surface area contributed by atoms with Gasteiger partial charge in [0.1, 0.15) is 5.82 Å². The van der Waals surface area contributed by atoms with E-state index in [2.05, 4.69) is 29.1 Å². The van der Waals surface area contributed by atoms with Gasteiger partial charge in [-0.15, -0.1) is 0 Å². The maximum absolute atomic E-state index is 12.6. The van der Waals surface area contributed by atoms with Gasteiger partial charge in [0.05, 0.1) is 22.0 Å². The maximum atomic E-state index is 12.6. The molecule has 1 unspecified atom stereocenters. The topological polar surface area (TPSA) is 101 Å². The first-order chi connectivity index (χ1) is 12.4. The molecule has 7 nitrogen and oxygen atoms in total. The Bertz CT molecular complexity index is 898. The van der Waals surface area contributed by atoms with Crippen LogP contribution in [0, 0.1) is 16.0 Å². The highest BCUT2D eigenvalue weighted by Gasteiger charge is 2.21. The molecule has 0 spiro atoms. The lowest BCUT2D eigenvalue weighted by molar-refractivity contribution is -0.384. The van der Waals surface area contributed by atoms with Crippen molar-refractivity contribution in [2.24, 2.45) is 5.92 Å². The number of fused-ring (bicyclic) bond motifs is 1. The Morgan fingerprint density at radius 1 is 1.19 bits per heavy atom. The van der Waals surface area contributed by atoms with Gasteiger partial charge < -0.3 is 10.3 Å². The highest BCUT2D eigenvalue weighted by molar-refractivity contribution is 5.94. The number of imidazole rings is 1. The smallest absolute Gasteiger partial charge is 0.269 e. The van der Waals surface area contributed by atoms with Crippen LogP contribution in [0.5, 0.6) is 0 Å². The standard InChI is InChI=1S/C19H20N4O3/c1-12(2)11-17(18-20-15-5-3-4-6-16(15)21-18)22-19(24)13-7-9-14(10-8-13)23(25)26/h3-10,12,17H,11H2,1-2H3,(H,20,21)(H,22,24). The van der Waals surface area contributed by atoms with Crippen molar-refractivity contribution in [2.75, 3.05) is 0 Å². The number of aromatic amines is 1. The first-order valence-corrected chi connectivity index (χ1v) is 8.44. The number of aromatic nitrogens is 2. The summed E-state index contributed by atoms with van der Waals surface area (Å²) in [5.41, 5.74) is 2.10. The Hall–Kier alpha value is -3.22. The Morgan fingerprint density at radius 3 is 2.50 bits per heavy atom. The molecular weight excluding hydrogens is 332 g/mol. The molecule has 0 radical (unpaired) electrons. The van der Waals surface area contributed by atoms with Crippen LogP contribution < -0.4 is 5.32 Å². The number of nitrogens with one attached hydrogen (secondary N) is 2. The first-order valence-electron chi connectivity index (χ1n) is 8.44. The molecule has 0 fully saturated rings. The Labute approximate surface area is 150 Å². The minimum absolute atomic E-state index is 0.0439. The number of benzene rings is 2. The summed E-state index contributed by atoms with van der Waals surface area (Å²) in [5, 5.41) is 13.7. The number of carbonyl (C=O) groups excluding carboxylic acids is 1. The van der Waals surface area contributed by atoms with E-state index in [1.807, 2.05) is 24.3 Å². The monoisotopic (exact) mass is 352 g/mol. The summed E-state index contributed by atoms with van der Waals surface area (Å²) in [7, 11) is 0. The van der Waals surface area contributed by atoms with Crippen molar-refractivity contribution >= 4 is 22.6 Å². The van der Waals surface area contributed by atoms with Crippen molar-refractivity contribution in [1.82, 2.24) is 15.3 Å². The largest absolute Gasteiger partial charge is 0.342 e. The molecule has 26 heavy (non-hydrogen) atoms. The quantitative estimate of drug-likeness (QED) is 0.517. The Kier molecular flexibility index (Phi) is 4.97. The molecule has 1 atom stereocenters. The number of carbonyl (C=O) groups is 1. The number of amides is 1. The van der Waals surface area contributed by atoms with E-state index in [0.717, 1.165) is 17.5 Å². The molecule has 0 saturated heterocycles. The molecule has 3 aromatic rings. The highest BCUT2D eigenvalue weighted by atomic mass is 16.6. The number of hydrogen-bond acceptors (Lipinski definition) is 4. The zero-order chi connectivity index (χ0) is 18.7. The molecule has 1 heterocycles. The summed E-state index contributed by atoms with van der Waals surface area (Å²) in [4.78, 5) is 30.7. The summed E-state index contributed by atoms with van der Waals surface area (Å²) in [6.45, 7) is 4.15. The number of non-ortho nitro benzene ring substituents is 1. The van der Waals surface area contributed by atoms with Gasteiger partial charge in [-0.2, -0.15) is 0 Å². The van der Waals surface area contributed by atoms with Gasteiger partial charge in [-0.3, -0.25) is 14.9 Å². The van der Waals surface area contributed by atoms with E-state index in [0.29, 0.717) is 17.3 Å². The van der Waals surface area contributed by atoms with Gasteiger partial charge in [-0.25, -0.2) is 4.98 Å². The van der Waals surface area contributed by atoms with Crippen molar-refractivity contribution in [1.29, 1.82) is 0 Å². The molecule has 3 rings (SSSR count). The van der Waals surface area contributed by atoms with Crippen LogP contribution >= 0.6 is 0 Å². The summed E-state index contributed by atoms with van der Waals surface area (Å²) < 4.78 is 0. The molecule has 0 aliphatic carbocycles. The van der Waals surface area contributed by atoms with Crippen LogP contribution in [0.1, 0.15) is 42.5 Å². The second-order valence-corrected chi connectivity index (χ2v) is 6.60. The molecule has 0 aliphatic rings. The van der Waals surface area contributed by atoms with Crippen molar-refractivity contribution < 1.29 is 9.72 Å². The normalized spacial score (nSPS) is 12.3. The summed E-state index contributed by atoms with van der Waals surface area (Å²) in [5.74, 6) is 0.770. The van der Waals surface area contributed by atoms with E-state index in [1.165, 1.54) is 24.3 Å². The van der Waals surface area contributed by atoms with Crippen LogP contribution in [0.25, 0.3) is 11.0 Å². The summed E-state index contributed by atoms with van der Waals surface area (Å²) >= 11 is 0. The number of H-pyrrole nitrogens is 1. The van der Waals surface area contributed by atoms with Crippen molar-refractivity contribution in [3.8, 4) is 0 Å². The van der Waals surface area contributed by atoms with Crippen molar-refractivity contribution in [3.05, 3.63) is 70.0 Å². The zero-order valence-electron chi connectivity index (χ0n) is 14.6. The average Bonchev–Trinajstić information content (AvgIpc) is 3.05. The van der Waals surface area contributed by atoms with Crippen LogP contribution in [-0.2, 0) is 0 Å². The van der Waals surface area contributed by atoms with Crippen LogP contribution in [0.2, 0.25) is 0 Å². The number of nitro groups is 1. The fraction of sp³-hybridized carbons (Fsp3) is 0.263. The van der Waals surface area contributed by atoms with Gasteiger partial charge in [0.25, 0.3) is 11.6 Å². The van der Waals surface area contributed by atoms with Crippen molar-refractivity contribution in [2.45, 2.75) is 26.3 Å². The Balaban J connectivity index is 1.83. The molecular formula is C19H20N4O3. The van der Waals surface area contributed by atoms with Gasteiger partial charge >= 0.3 is 0 Å². The number of hydrogen-bond donors (Lipinski definition) is 2. The SMILES string of the molecule is CC(C)CC(NC(=O)c1ccc([N+](=O)[O-])cc1)c1nc2ccccc2[nH]1. The minimum Gasteiger partial charge on any atom is -0.342 e. The van der Waals surface area contributed by atoms with E-state index in [4.69, 9.17) is 0 Å². The average molecular weight is 352 g/mol. The van der Waals surface area contributed by atoms with Crippen LogP contribution in [0.4, 0.5) is 5.69 Å². The number of para-hydroxylation sites is 2. The second kappa shape index (κ2) is 7.35. The number of nitro benzene ring substituents is 1. The molecule has 0 saturated carbocycles. The predicted molar refractivity (Wildman–Crippen MR) is 98.9 cm³/mol. The van der Waals surface area contributed by atoms with Crippen LogP contribution in [0.3, 0.4) is 0 Å². The van der Waals surface area contributed by atoms with E-state index in [-0.39, 0.29) is 17.6 Å². The van der Waals surface area contributed by atoms with E-state index < -0.39 is 4.92 Å². The minimum atomic E-state index is -0.488. The molecule has 0 bridgehead atoms. The van der Waals surface area contributed by atoms with Crippen LogP contribution in [0.15, 0.2) is 48.5 Å². The van der Waals surface area contributed by atoms with Gasteiger partial charge in [-0.05, 0) is 36.6 Å². The third-order valence-electron chi connectivity index (χ3n) is 4.09. The second-order valence-electron chi connectivity index (χ2n) is 6.60. The van der Waals surface area contributed by atoms with Gasteiger partial charge in [0.2, 0.25) is 0 Å². The van der Waals surface area contributed by atoms with E-state index >= 15 is 0 Å². The third-order valence-corrected chi connectivity index (χ3v) is 4.09. The van der Waals surface area contributed by atoms with Gasteiger partial charge in [-0.1, -0.05) is 26.0 Å². The molecule has 7 heteroatoms. The van der Waals surface area contributed by atoms with Crippen molar-refractivity contribution in [3.63, 3.8) is 0 Å². The lowest BCUT2D eigenvalue weighted by atomic mass is 10.0. The molecule has 2 aromatic carbocycles. The fourth-order valence-electron chi connectivity index (χ4n) is 2.82. The lowest BCUT2D eigenvalue weighted by Crippen LogP contribution is -2.30. The molecule has 2 N–H and O–H groups in total. The molecule has 134 valence electrons. The number of nitrogens with zero attached hydrogens (tertiary/aromatic N) is 2. The molecule has 1 aromatic heterocycles. The number of rotatable bonds is 6.